The number of amides is 4. The molecule has 0 saturated heterocycles. The first kappa shape index (κ1) is 43.6. The molecule has 54 heavy (non-hydrogen) atoms. The summed E-state index contributed by atoms with van der Waals surface area (Å²) in [6.07, 6.45) is 5.23. The second-order valence-corrected chi connectivity index (χ2v) is 15.2. The molecule has 0 aliphatic carbocycles. The van der Waals surface area contributed by atoms with Crippen molar-refractivity contribution in [2.45, 2.75) is 104 Å². The van der Waals surface area contributed by atoms with Gasteiger partial charge < -0.3 is 20.1 Å². The Balaban J connectivity index is 1.86. The van der Waals surface area contributed by atoms with E-state index in [0.29, 0.717) is 25.0 Å². The van der Waals surface area contributed by atoms with Crippen LogP contribution in [0.1, 0.15) is 71.9 Å². The summed E-state index contributed by atoms with van der Waals surface area (Å²) in [6, 6.07) is 16.3. The highest BCUT2D eigenvalue weighted by atomic mass is 16.5. The van der Waals surface area contributed by atoms with Gasteiger partial charge in [-0.1, -0.05) is 115 Å². The Morgan fingerprint density at radius 2 is 1.44 bits per heavy atom. The van der Waals surface area contributed by atoms with E-state index < -0.39 is 59.9 Å². The number of esters is 1. The van der Waals surface area contributed by atoms with Gasteiger partial charge in [-0.05, 0) is 62.2 Å². The van der Waals surface area contributed by atoms with Crippen LogP contribution >= 0.6 is 0 Å². The summed E-state index contributed by atoms with van der Waals surface area (Å²) in [6.45, 7) is 11.8. The van der Waals surface area contributed by atoms with Gasteiger partial charge in [0.15, 0.2) is 6.10 Å². The molecule has 0 unspecified atom stereocenters. The van der Waals surface area contributed by atoms with Crippen LogP contribution in [0, 0.1) is 17.8 Å². The van der Waals surface area contributed by atoms with Gasteiger partial charge in [-0.2, -0.15) is 0 Å². The molecular formula is C43H60N4O7. The molecule has 1 heterocycles. The number of nitrogens with zero attached hydrogens (tertiary/aromatic N) is 2. The minimum absolute atomic E-state index is 0.00726. The van der Waals surface area contributed by atoms with E-state index in [4.69, 9.17) is 9.47 Å². The number of hydrogen-bond donors (Lipinski definition) is 2. The lowest BCUT2D eigenvalue weighted by Gasteiger charge is -2.30. The fourth-order valence-corrected chi connectivity index (χ4v) is 6.64. The second-order valence-electron chi connectivity index (χ2n) is 15.2. The average molecular weight is 745 g/mol. The van der Waals surface area contributed by atoms with Gasteiger partial charge in [0.05, 0.1) is 13.2 Å². The van der Waals surface area contributed by atoms with E-state index in [0.717, 1.165) is 17.5 Å². The van der Waals surface area contributed by atoms with E-state index in [1.165, 1.54) is 24.2 Å². The molecule has 0 spiro atoms. The number of imide groups is 1. The lowest BCUT2D eigenvalue weighted by Crippen LogP contribution is -2.53. The SMILES string of the molecule is CC[C@H](C)[C@@H](C(=O)O[C@@H](CC(C)C)C(=O)N[C@@H](CC(C)C)C(=O)N[C@@H](/C=C/C(=O)N1C(=O)C=C(OC)[C@H]1Cc1ccccc1)Cc1ccccc1)N(C)C. The van der Waals surface area contributed by atoms with Gasteiger partial charge in [0.1, 0.15) is 23.9 Å². The van der Waals surface area contributed by atoms with Crippen LogP contribution < -0.4 is 10.6 Å². The first-order valence-electron chi connectivity index (χ1n) is 19.0. The number of carbonyl (C=O) groups excluding carboxylic acids is 5. The van der Waals surface area contributed by atoms with Crippen LogP contribution in [-0.2, 0) is 46.3 Å². The zero-order valence-electron chi connectivity index (χ0n) is 33.4. The highest BCUT2D eigenvalue weighted by Crippen LogP contribution is 2.25. The molecule has 294 valence electrons. The van der Waals surface area contributed by atoms with Crippen molar-refractivity contribution in [2.75, 3.05) is 21.2 Å². The van der Waals surface area contributed by atoms with Crippen LogP contribution in [0.2, 0.25) is 0 Å². The topological polar surface area (TPSA) is 134 Å². The Hall–Kier alpha value is -4.77. The standard InChI is InChI=1S/C43H60N4O7/c1-10-30(6)40(46(7)8)43(52)54-37(24-29(4)5)42(51)45-34(23-28(2)3)41(50)44-33(25-31-17-13-11-14-18-31)21-22-38(48)47-35(36(53-9)27-39(47)49)26-32-19-15-12-16-20-32/h11-22,27-30,33-35,37,40H,10,23-26H2,1-9H3,(H,44,50)(H,45,51)/b22-21+/t30-,33-,34-,35+,37-,40-/m0/s1. The predicted octanol–water partition coefficient (Wildman–Crippen LogP) is 5.25. The number of hydrogen-bond acceptors (Lipinski definition) is 8. The molecule has 0 saturated carbocycles. The molecule has 2 aromatic rings. The molecule has 2 N–H and O–H groups in total. The van der Waals surface area contributed by atoms with Crippen molar-refractivity contribution in [2.24, 2.45) is 17.8 Å². The summed E-state index contributed by atoms with van der Waals surface area (Å²) in [5, 5.41) is 5.92. The summed E-state index contributed by atoms with van der Waals surface area (Å²) in [5.74, 6) is -2.02. The third kappa shape index (κ3) is 13.0. The fraction of sp³-hybridized carbons (Fsp3) is 0.512. The van der Waals surface area contributed by atoms with E-state index in [-0.39, 0.29) is 24.2 Å². The number of ether oxygens (including phenoxy) is 2. The van der Waals surface area contributed by atoms with Crippen LogP contribution in [-0.4, -0.2) is 90.9 Å². The van der Waals surface area contributed by atoms with Crippen LogP contribution in [0.3, 0.4) is 0 Å². The molecule has 0 bridgehead atoms. The highest BCUT2D eigenvalue weighted by molar-refractivity contribution is 6.08. The third-order valence-corrected chi connectivity index (χ3v) is 9.54. The van der Waals surface area contributed by atoms with Crippen molar-refractivity contribution < 1.29 is 33.4 Å². The van der Waals surface area contributed by atoms with Crippen molar-refractivity contribution in [1.82, 2.24) is 20.4 Å². The normalized spacial score (nSPS) is 17.3. The maximum Gasteiger partial charge on any atom is 0.324 e. The Morgan fingerprint density at radius 1 is 0.852 bits per heavy atom. The molecule has 1 aliphatic rings. The molecule has 3 rings (SSSR count). The van der Waals surface area contributed by atoms with Crippen LogP contribution in [0.15, 0.2) is 84.7 Å². The average Bonchev–Trinajstić information content (AvgIpc) is 3.44. The monoisotopic (exact) mass is 744 g/mol. The third-order valence-electron chi connectivity index (χ3n) is 9.54. The van der Waals surface area contributed by atoms with Crippen molar-refractivity contribution in [3.63, 3.8) is 0 Å². The summed E-state index contributed by atoms with van der Waals surface area (Å²) in [4.78, 5) is 71.0. The lowest BCUT2D eigenvalue weighted by atomic mass is 9.98. The van der Waals surface area contributed by atoms with Gasteiger partial charge in [-0.3, -0.25) is 33.8 Å². The minimum atomic E-state index is -1.09. The van der Waals surface area contributed by atoms with Gasteiger partial charge in [-0.25, -0.2) is 0 Å². The number of rotatable bonds is 20. The molecule has 6 atom stereocenters. The molecular weight excluding hydrogens is 684 g/mol. The molecule has 0 aromatic heterocycles. The van der Waals surface area contributed by atoms with E-state index in [9.17, 15) is 24.0 Å². The first-order chi connectivity index (χ1) is 25.6. The Kier molecular flexibility index (Phi) is 17.1. The number of nitrogens with one attached hydrogen (secondary N) is 2. The predicted molar refractivity (Wildman–Crippen MR) is 210 cm³/mol. The maximum atomic E-state index is 14.0. The van der Waals surface area contributed by atoms with Gasteiger partial charge in [0, 0.05) is 18.6 Å². The number of benzene rings is 2. The van der Waals surface area contributed by atoms with Gasteiger partial charge >= 0.3 is 5.97 Å². The molecule has 0 fully saturated rings. The highest BCUT2D eigenvalue weighted by Gasteiger charge is 2.38. The smallest absolute Gasteiger partial charge is 0.324 e. The first-order valence-corrected chi connectivity index (χ1v) is 19.0. The molecule has 11 heteroatoms. The van der Waals surface area contributed by atoms with E-state index in [1.54, 1.807) is 11.0 Å². The summed E-state index contributed by atoms with van der Waals surface area (Å²) in [5.41, 5.74) is 1.85. The fourth-order valence-electron chi connectivity index (χ4n) is 6.64. The van der Waals surface area contributed by atoms with E-state index in [2.05, 4.69) is 10.6 Å². The Bertz CT molecular complexity index is 1610. The second kappa shape index (κ2) is 21.2. The summed E-state index contributed by atoms with van der Waals surface area (Å²) < 4.78 is 11.4. The van der Waals surface area contributed by atoms with E-state index in [1.807, 2.05) is 116 Å². The van der Waals surface area contributed by atoms with Gasteiger partial charge in [0.2, 0.25) is 5.91 Å². The zero-order valence-corrected chi connectivity index (χ0v) is 33.4. The quantitative estimate of drug-likeness (QED) is 0.139. The van der Waals surface area contributed by atoms with Gasteiger partial charge in [0.25, 0.3) is 17.7 Å². The van der Waals surface area contributed by atoms with Crippen molar-refractivity contribution in [3.05, 3.63) is 95.8 Å². The Labute approximate surface area is 321 Å². The van der Waals surface area contributed by atoms with Crippen LogP contribution in [0.25, 0.3) is 0 Å². The van der Waals surface area contributed by atoms with Gasteiger partial charge in [-0.15, -0.1) is 0 Å². The molecule has 0 radical (unpaired) electrons. The molecule has 11 nitrogen and oxygen atoms in total. The van der Waals surface area contributed by atoms with Crippen molar-refractivity contribution >= 4 is 29.6 Å². The Morgan fingerprint density at radius 3 is 1.98 bits per heavy atom. The minimum Gasteiger partial charge on any atom is -0.499 e. The van der Waals surface area contributed by atoms with Crippen LogP contribution in [0.5, 0.6) is 0 Å². The maximum absolute atomic E-state index is 14.0. The number of methoxy groups -OCH3 is 1. The van der Waals surface area contributed by atoms with Crippen molar-refractivity contribution in [3.8, 4) is 0 Å². The number of likely N-dealkylation sites (N-methyl/N-ethyl adjacent to an activating group) is 1. The zero-order chi connectivity index (χ0) is 39.9. The molecule has 1 aliphatic heterocycles. The van der Waals surface area contributed by atoms with E-state index >= 15 is 0 Å². The largest absolute Gasteiger partial charge is 0.499 e. The number of carbonyl (C=O) groups is 5. The van der Waals surface area contributed by atoms with Crippen LogP contribution in [0.4, 0.5) is 0 Å². The summed E-state index contributed by atoms with van der Waals surface area (Å²) in [7, 11) is 5.10. The summed E-state index contributed by atoms with van der Waals surface area (Å²) >= 11 is 0. The lowest BCUT2D eigenvalue weighted by molar-refractivity contribution is -0.163. The van der Waals surface area contributed by atoms with Crippen molar-refractivity contribution in [1.29, 1.82) is 0 Å². The molecule has 4 amide bonds. The molecule has 2 aromatic carbocycles.